The monoisotopic (exact) mass is 623 g/mol. The molecule has 236 valence electrons. The average Bonchev–Trinajstić information content (AvgIpc) is 3.64. The first-order valence-corrected chi connectivity index (χ1v) is 16.6. The largest absolute Gasteiger partial charge is 0.405 e. The zero-order valence-corrected chi connectivity index (χ0v) is 27.9. The molecule has 0 aliphatic carbocycles. The molecular formula is C45H41N3. The molecule has 0 saturated carbocycles. The van der Waals surface area contributed by atoms with E-state index in [4.69, 9.17) is 5.73 Å². The average molecular weight is 624 g/mol. The van der Waals surface area contributed by atoms with Gasteiger partial charge in [0.1, 0.15) is 5.82 Å². The molecule has 7 rings (SSSR count). The Kier molecular flexibility index (Phi) is 9.78. The quantitative estimate of drug-likeness (QED) is 0.131. The summed E-state index contributed by atoms with van der Waals surface area (Å²) in [5.74, 6) is 0.793. The van der Waals surface area contributed by atoms with Gasteiger partial charge in [-0.05, 0) is 85.8 Å². The molecule has 6 aromatic carbocycles. The van der Waals surface area contributed by atoms with Crippen LogP contribution in [0.3, 0.4) is 0 Å². The summed E-state index contributed by atoms with van der Waals surface area (Å²) < 4.78 is 0. The first-order valence-electron chi connectivity index (χ1n) is 16.6. The van der Waals surface area contributed by atoms with E-state index in [0.29, 0.717) is 0 Å². The first-order chi connectivity index (χ1) is 23.7. The number of aromatic amines is 1. The molecule has 0 aliphatic heterocycles. The number of nitrogens with zero attached hydrogens (tertiary/aromatic N) is 1. The number of imidazole rings is 1. The third-order valence-corrected chi connectivity index (χ3v) is 8.80. The highest BCUT2D eigenvalue weighted by Gasteiger charge is 2.18. The molecule has 1 aromatic heterocycles. The molecule has 3 nitrogen and oxygen atoms in total. The molecule has 0 radical (unpaired) electrons. The smallest absolute Gasteiger partial charge is 0.137 e. The lowest BCUT2D eigenvalue weighted by molar-refractivity contribution is 1.24. The highest BCUT2D eigenvalue weighted by molar-refractivity contribution is 6.19. The van der Waals surface area contributed by atoms with Crippen molar-refractivity contribution in [1.29, 1.82) is 0 Å². The van der Waals surface area contributed by atoms with Crippen LogP contribution < -0.4 is 5.73 Å². The Balaban J connectivity index is 0.00000197. The maximum atomic E-state index is 5.68. The van der Waals surface area contributed by atoms with Gasteiger partial charge in [0, 0.05) is 11.1 Å². The number of H-pyrrole nitrogens is 1. The molecule has 0 amide bonds. The van der Waals surface area contributed by atoms with Gasteiger partial charge in [-0.15, -0.1) is 0 Å². The van der Waals surface area contributed by atoms with Crippen molar-refractivity contribution in [3.8, 4) is 22.4 Å². The minimum atomic E-state index is 0.793. The molecular weight excluding hydrogens is 583 g/mol. The summed E-state index contributed by atoms with van der Waals surface area (Å²) in [6.45, 7) is 9.98. The second kappa shape index (κ2) is 14.7. The van der Waals surface area contributed by atoms with Crippen molar-refractivity contribution in [2.45, 2.75) is 27.2 Å². The number of aromatic nitrogens is 2. The van der Waals surface area contributed by atoms with E-state index in [1.807, 2.05) is 45.2 Å². The van der Waals surface area contributed by atoms with Crippen LogP contribution in [0.5, 0.6) is 0 Å². The number of benzene rings is 6. The van der Waals surface area contributed by atoms with Gasteiger partial charge in [-0.3, -0.25) is 0 Å². The molecule has 0 bridgehead atoms. The Morgan fingerprint density at radius 3 is 1.85 bits per heavy atom. The molecule has 3 heteroatoms. The number of rotatable bonds is 8. The summed E-state index contributed by atoms with van der Waals surface area (Å²) in [7, 11) is 0. The molecule has 3 N–H and O–H groups in total. The summed E-state index contributed by atoms with van der Waals surface area (Å²) in [4.78, 5) is 8.20. The maximum absolute atomic E-state index is 5.68. The SMILES string of the molecule is C=Cc1ccccc1/C=C\Cc1c2ccccc2c(-c2ccc(-c3cnc(C(/C=C\N)=C/C)[nH]3)c3ccccc23)c2ccccc12.CC. The lowest BCUT2D eigenvalue weighted by Crippen LogP contribution is -1.94. The molecule has 0 unspecified atom stereocenters. The number of hydrogen-bond donors (Lipinski definition) is 2. The van der Waals surface area contributed by atoms with E-state index < -0.39 is 0 Å². The molecule has 48 heavy (non-hydrogen) atoms. The summed E-state index contributed by atoms with van der Waals surface area (Å²) in [6, 6.07) is 39.2. The number of allylic oxidation sites excluding steroid dienone is 4. The van der Waals surface area contributed by atoms with Crippen molar-refractivity contribution in [3.63, 3.8) is 0 Å². The van der Waals surface area contributed by atoms with E-state index in [0.717, 1.165) is 34.6 Å². The summed E-state index contributed by atoms with van der Waals surface area (Å²) >= 11 is 0. The van der Waals surface area contributed by atoms with Crippen molar-refractivity contribution in [2.75, 3.05) is 0 Å². The number of fused-ring (bicyclic) bond motifs is 3. The first kappa shape index (κ1) is 32.0. The predicted molar refractivity (Wildman–Crippen MR) is 210 cm³/mol. The van der Waals surface area contributed by atoms with Crippen molar-refractivity contribution < 1.29 is 0 Å². The minimum absolute atomic E-state index is 0.793. The Bertz CT molecular complexity index is 2270. The maximum Gasteiger partial charge on any atom is 0.137 e. The lowest BCUT2D eigenvalue weighted by atomic mass is 9.85. The van der Waals surface area contributed by atoms with Crippen LogP contribution in [0, 0.1) is 0 Å². The highest BCUT2D eigenvalue weighted by atomic mass is 14.9. The minimum Gasteiger partial charge on any atom is -0.405 e. The van der Waals surface area contributed by atoms with E-state index in [9.17, 15) is 0 Å². The van der Waals surface area contributed by atoms with Gasteiger partial charge >= 0.3 is 0 Å². The van der Waals surface area contributed by atoms with E-state index in [1.165, 1.54) is 54.6 Å². The fourth-order valence-corrected chi connectivity index (χ4v) is 6.65. The van der Waals surface area contributed by atoms with Crippen molar-refractivity contribution in [1.82, 2.24) is 9.97 Å². The van der Waals surface area contributed by atoms with Gasteiger partial charge in [0.15, 0.2) is 0 Å². The van der Waals surface area contributed by atoms with Gasteiger partial charge < -0.3 is 10.7 Å². The zero-order chi connectivity index (χ0) is 33.5. The van der Waals surface area contributed by atoms with Crippen LogP contribution in [-0.2, 0) is 6.42 Å². The lowest BCUT2D eigenvalue weighted by Gasteiger charge is -2.19. The predicted octanol–water partition coefficient (Wildman–Crippen LogP) is 12.0. The van der Waals surface area contributed by atoms with Crippen LogP contribution in [0.1, 0.15) is 43.3 Å². The topological polar surface area (TPSA) is 54.7 Å². The zero-order valence-electron chi connectivity index (χ0n) is 27.9. The van der Waals surface area contributed by atoms with E-state index in [2.05, 4.69) is 138 Å². The van der Waals surface area contributed by atoms with Crippen LogP contribution in [0.4, 0.5) is 0 Å². The van der Waals surface area contributed by atoms with Gasteiger partial charge in [-0.1, -0.05) is 154 Å². The molecule has 1 heterocycles. The van der Waals surface area contributed by atoms with Gasteiger partial charge in [-0.2, -0.15) is 0 Å². The standard InChI is InChI=1S/C43H35N3.C2H6/c1-3-29-14-5-6-15-31(29)16-13-23-32-34-18-9-11-21-38(34)42(39-22-12-10-19-35(32)39)40-25-24-37(33-17-7-8-20-36(33)40)41-28-45-43(46-41)30(4-2)26-27-44;1-2/h3-22,24-28H,1,23,44H2,2H3,(H,45,46);1-2H3/b16-13-,27-26-,30-4+;. The van der Waals surface area contributed by atoms with Crippen molar-refractivity contribution in [3.05, 3.63) is 169 Å². The summed E-state index contributed by atoms with van der Waals surface area (Å²) in [6.07, 6.45) is 14.5. The number of nitrogens with two attached hydrogens (primary N) is 1. The van der Waals surface area contributed by atoms with Gasteiger partial charge in [-0.25, -0.2) is 4.98 Å². The van der Waals surface area contributed by atoms with E-state index in [1.54, 1.807) is 6.20 Å². The Labute approximate surface area is 283 Å². The van der Waals surface area contributed by atoms with E-state index in [-0.39, 0.29) is 0 Å². The van der Waals surface area contributed by atoms with Gasteiger partial charge in [0.2, 0.25) is 0 Å². The van der Waals surface area contributed by atoms with Crippen molar-refractivity contribution >= 4 is 50.0 Å². The Hall–Kier alpha value is -5.93. The summed E-state index contributed by atoms with van der Waals surface area (Å²) in [5.41, 5.74) is 14.8. The molecule has 0 aliphatic rings. The molecule has 0 spiro atoms. The molecule has 7 aromatic rings. The number of nitrogens with one attached hydrogen (secondary N) is 1. The Morgan fingerprint density at radius 1 is 0.708 bits per heavy atom. The normalized spacial score (nSPS) is 11.9. The molecule has 0 saturated heterocycles. The van der Waals surface area contributed by atoms with E-state index >= 15 is 0 Å². The number of hydrogen-bond acceptors (Lipinski definition) is 2. The van der Waals surface area contributed by atoms with Crippen LogP contribution in [0.15, 0.2) is 146 Å². The van der Waals surface area contributed by atoms with Crippen LogP contribution in [0.25, 0.3) is 72.4 Å². The van der Waals surface area contributed by atoms with Gasteiger partial charge in [0.05, 0.1) is 11.9 Å². The van der Waals surface area contributed by atoms with Crippen LogP contribution in [0.2, 0.25) is 0 Å². The van der Waals surface area contributed by atoms with Crippen LogP contribution in [-0.4, -0.2) is 9.97 Å². The second-order valence-electron chi connectivity index (χ2n) is 11.3. The molecule has 0 atom stereocenters. The molecule has 0 fully saturated rings. The van der Waals surface area contributed by atoms with Crippen molar-refractivity contribution in [2.24, 2.45) is 5.73 Å². The third-order valence-electron chi connectivity index (χ3n) is 8.80. The van der Waals surface area contributed by atoms with Gasteiger partial charge in [0.25, 0.3) is 0 Å². The fourth-order valence-electron chi connectivity index (χ4n) is 6.65. The third kappa shape index (κ3) is 5.99. The highest BCUT2D eigenvalue weighted by Crippen LogP contribution is 2.43. The summed E-state index contributed by atoms with van der Waals surface area (Å²) in [5, 5.41) is 7.43. The second-order valence-corrected chi connectivity index (χ2v) is 11.3. The Morgan fingerprint density at radius 2 is 1.25 bits per heavy atom. The fraction of sp³-hybridized carbons (Fsp3) is 0.0889. The van der Waals surface area contributed by atoms with Crippen LogP contribution >= 0.6 is 0 Å².